The number of hydrogen-bond acceptors (Lipinski definition) is 3. The van der Waals surface area contributed by atoms with Crippen LogP contribution in [-0.4, -0.2) is 53.9 Å². The third-order valence-electron chi connectivity index (χ3n) is 3.42. The maximum atomic E-state index is 12.2. The van der Waals surface area contributed by atoms with Gasteiger partial charge in [-0.15, -0.1) is 0 Å². The molecule has 4 nitrogen and oxygen atoms in total. The van der Waals surface area contributed by atoms with Gasteiger partial charge in [0.2, 0.25) is 0 Å². The van der Waals surface area contributed by atoms with Gasteiger partial charge in [-0.3, -0.25) is 4.79 Å². The Balaban J connectivity index is 1.99. The number of nitrogens with zero attached hydrogens (tertiary/aromatic N) is 3. The third-order valence-corrected chi connectivity index (χ3v) is 3.63. The first-order valence-electron chi connectivity index (χ1n) is 6.16. The van der Waals surface area contributed by atoms with Crippen LogP contribution in [-0.2, 0) is 0 Å². The number of hydrogen-bond donors (Lipinski definition) is 0. The molecule has 0 bridgehead atoms. The summed E-state index contributed by atoms with van der Waals surface area (Å²) in [6, 6.07) is 5.72. The van der Waals surface area contributed by atoms with Crippen LogP contribution in [0, 0.1) is 0 Å². The summed E-state index contributed by atoms with van der Waals surface area (Å²) in [5, 5.41) is 0.365. The Kier molecular flexibility index (Phi) is 4.19. The first-order valence-corrected chi connectivity index (χ1v) is 6.54. The lowest BCUT2D eigenvalue weighted by Crippen LogP contribution is -2.44. The molecule has 1 aromatic rings. The van der Waals surface area contributed by atoms with Gasteiger partial charge < -0.3 is 9.80 Å². The van der Waals surface area contributed by atoms with E-state index in [2.05, 4.69) is 24.0 Å². The fraction of sp³-hybridized carbons (Fsp3) is 0.538. The van der Waals surface area contributed by atoms with Gasteiger partial charge in [-0.05, 0) is 39.1 Å². The van der Waals surface area contributed by atoms with Crippen LogP contribution in [0.5, 0.6) is 0 Å². The fourth-order valence-corrected chi connectivity index (χ4v) is 2.44. The highest BCUT2D eigenvalue weighted by atomic mass is 35.5. The predicted molar refractivity (Wildman–Crippen MR) is 71.9 cm³/mol. The van der Waals surface area contributed by atoms with E-state index >= 15 is 0 Å². The van der Waals surface area contributed by atoms with Crippen molar-refractivity contribution in [1.29, 1.82) is 0 Å². The van der Waals surface area contributed by atoms with Crippen molar-refractivity contribution in [3.05, 3.63) is 29.0 Å². The van der Waals surface area contributed by atoms with Crippen LogP contribution in [0.4, 0.5) is 0 Å². The van der Waals surface area contributed by atoms with Crippen LogP contribution in [0.2, 0.25) is 5.15 Å². The normalized spacial score (nSPS) is 17.2. The molecule has 1 aliphatic rings. The lowest BCUT2D eigenvalue weighted by atomic mass is 10.0. The van der Waals surface area contributed by atoms with Gasteiger partial charge in [0.1, 0.15) is 10.8 Å². The van der Waals surface area contributed by atoms with Crippen molar-refractivity contribution in [3.63, 3.8) is 0 Å². The molecule has 1 aromatic heterocycles. The number of carbonyl (C=O) groups is 1. The summed E-state index contributed by atoms with van der Waals surface area (Å²) in [4.78, 5) is 20.4. The fourth-order valence-electron chi connectivity index (χ4n) is 2.27. The molecule has 0 atom stereocenters. The zero-order chi connectivity index (χ0) is 13.1. The minimum absolute atomic E-state index is 0.0188. The van der Waals surface area contributed by atoms with E-state index in [-0.39, 0.29) is 5.91 Å². The Morgan fingerprint density at radius 1 is 1.39 bits per heavy atom. The first kappa shape index (κ1) is 13.3. The minimum atomic E-state index is -0.0188. The Morgan fingerprint density at radius 3 is 2.61 bits per heavy atom. The van der Waals surface area contributed by atoms with Crippen LogP contribution < -0.4 is 0 Å². The van der Waals surface area contributed by atoms with Crippen molar-refractivity contribution >= 4 is 17.5 Å². The Labute approximate surface area is 113 Å². The molecule has 2 heterocycles. The maximum Gasteiger partial charge on any atom is 0.272 e. The molecule has 0 unspecified atom stereocenters. The van der Waals surface area contributed by atoms with E-state index in [9.17, 15) is 4.79 Å². The molecule has 0 radical (unpaired) electrons. The van der Waals surface area contributed by atoms with E-state index in [0.717, 1.165) is 25.9 Å². The van der Waals surface area contributed by atoms with Gasteiger partial charge in [0.15, 0.2) is 0 Å². The molecule has 1 aliphatic heterocycles. The molecule has 0 saturated carbocycles. The largest absolute Gasteiger partial charge is 0.337 e. The van der Waals surface area contributed by atoms with Gasteiger partial charge in [0.25, 0.3) is 5.91 Å². The molecule has 1 saturated heterocycles. The van der Waals surface area contributed by atoms with Gasteiger partial charge in [-0.2, -0.15) is 0 Å². The van der Waals surface area contributed by atoms with Gasteiger partial charge in [0.05, 0.1) is 0 Å². The van der Waals surface area contributed by atoms with E-state index in [0.29, 0.717) is 16.9 Å². The van der Waals surface area contributed by atoms with Crippen molar-refractivity contribution in [2.75, 3.05) is 27.2 Å². The molecule has 0 N–H and O–H groups in total. The second-order valence-electron chi connectivity index (χ2n) is 4.83. The third kappa shape index (κ3) is 3.00. The SMILES string of the molecule is CN(C)C1CCN(C(=O)c2cccc(Cl)n2)CC1. The van der Waals surface area contributed by atoms with Crippen molar-refractivity contribution in [3.8, 4) is 0 Å². The second-order valence-corrected chi connectivity index (χ2v) is 5.22. The number of carbonyl (C=O) groups excluding carboxylic acids is 1. The Morgan fingerprint density at radius 2 is 2.06 bits per heavy atom. The molecule has 5 heteroatoms. The summed E-state index contributed by atoms with van der Waals surface area (Å²) in [5.74, 6) is -0.0188. The van der Waals surface area contributed by atoms with Crippen molar-refractivity contribution in [2.45, 2.75) is 18.9 Å². The number of piperidine rings is 1. The number of aromatic nitrogens is 1. The highest BCUT2D eigenvalue weighted by Crippen LogP contribution is 2.16. The van der Waals surface area contributed by atoms with E-state index in [4.69, 9.17) is 11.6 Å². The molecule has 0 aromatic carbocycles. The number of likely N-dealkylation sites (tertiary alicyclic amines) is 1. The smallest absolute Gasteiger partial charge is 0.272 e. The molecular formula is C13H18ClN3O. The summed E-state index contributed by atoms with van der Waals surface area (Å²) in [6.45, 7) is 1.58. The molecule has 18 heavy (non-hydrogen) atoms. The molecule has 1 amide bonds. The summed E-state index contributed by atoms with van der Waals surface area (Å²) in [5.41, 5.74) is 0.436. The van der Waals surface area contributed by atoms with E-state index in [1.165, 1.54) is 0 Å². The zero-order valence-corrected chi connectivity index (χ0v) is 11.5. The molecule has 0 spiro atoms. The van der Waals surface area contributed by atoms with Crippen LogP contribution in [0.3, 0.4) is 0 Å². The van der Waals surface area contributed by atoms with Crippen molar-refractivity contribution < 1.29 is 4.79 Å². The van der Waals surface area contributed by atoms with Crippen molar-refractivity contribution in [1.82, 2.24) is 14.8 Å². The van der Waals surface area contributed by atoms with Gasteiger partial charge in [-0.1, -0.05) is 17.7 Å². The summed E-state index contributed by atoms with van der Waals surface area (Å²) in [6.07, 6.45) is 2.03. The number of amides is 1. The topological polar surface area (TPSA) is 36.4 Å². The second kappa shape index (κ2) is 5.67. The molecule has 1 fully saturated rings. The molecule has 0 aliphatic carbocycles. The Hall–Kier alpha value is -1.13. The monoisotopic (exact) mass is 267 g/mol. The maximum absolute atomic E-state index is 12.2. The van der Waals surface area contributed by atoms with Gasteiger partial charge in [-0.25, -0.2) is 4.98 Å². The Bertz CT molecular complexity index is 428. The van der Waals surface area contributed by atoms with Gasteiger partial charge >= 0.3 is 0 Å². The number of halogens is 1. The standard InChI is InChI=1S/C13H18ClN3O/c1-16(2)10-6-8-17(9-7-10)13(18)11-4-3-5-12(14)15-11/h3-5,10H,6-9H2,1-2H3. The average Bonchev–Trinajstić information content (AvgIpc) is 2.38. The van der Waals surface area contributed by atoms with Crippen LogP contribution >= 0.6 is 11.6 Å². The average molecular weight is 268 g/mol. The summed E-state index contributed by atoms with van der Waals surface area (Å²) < 4.78 is 0. The van der Waals surface area contributed by atoms with Crippen LogP contribution in [0.15, 0.2) is 18.2 Å². The highest BCUT2D eigenvalue weighted by molar-refractivity contribution is 6.29. The molecule has 98 valence electrons. The molecular weight excluding hydrogens is 250 g/mol. The van der Waals surface area contributed by atoms with Crippen molar-refractivity contribution in [2.24, 2.45) is 0 Å². The van der Waals surface area contributed by atoms with E-state index < -0.39 is 0 Å². The lowest BCUT2D eigenvalue weighted by Gasteiger charge is -2.35. The van der Waals surface area contributed by atoms with Crippen LogP contribution in [0.1, 0.15) is 23.3 Å². The predicted octanol–water partition coefficient (Wildman–Crippen LogP) is 1.90. The summed E-state index contributed by atoms with van der Waals surface area (Å²) in [7, 11) is 4.17. The van der Waals surface area contributed by atoms with Gasteiger partial charge in [0, 0.05) is 19.1 Å². The van der Waals surface area contributed by atoms with Crippen LogP contribution in [0.25, 0.3) is 0 Å². The minimum Gasteiger partial charge on any atom is -0.337 e. The molecule has 2 rings (SSSR count). The highest BCUT2D eigenvalue weighted by Gasteiger charge is 2.25. The number of pyridine rings is 1. The first-order chi connectivity index (χ1) is 8.58. The van der Waals surface area contributed by atoms with E-state index in [1.54, 1.807) is 18.2 Å². The zero-order valence-electron chi connectivity index (χ0n) is 10.8. The van der Waals surface area contributed by atoms with E-state index in [1.807, 2.05) is 4.90 Å². The lowest BCUT2D eigenvalue weighted by molar-refractivity contribution is 0.0657. The summed E-state index contributed by atoms with van der Waals surface area (Å²) >= 11 is 5.80. The number of rotatable bonds is 2. The quantitative estimate of drug-likeness (QED) is 0.768.